The second-order valence-electron chi connectivity index (χ2n) is 3.58. The third kappa shape index (κ3) is 2.53. The molecule has 0 aliphatic heterocycles. The molecule has 17 heavy (non-hydrogen) atoms. The van der Waals surface area contributed by atoms with E-state index in [0.29, 0.717) is 21.3 Å². The first kappa shape index (κ1) is 11.8. The number of hydrogen-bond donors (Lipinski definition) is 1. The molecule has 2 aromatic carbocycles. The van der Waals surface area contributed by atoms with Crippen molar-refractivity contribution in [1.82, 2.24) is 0 Å². The molecule has 0 fully saturated rings. The van der Waals surface area contributed by atoms with Crippen molar-refractivity contribution in [1.29, 1.82) is 0 Å². The number of rotatable bonds is 2. The van der Waals surface area contributed by atoms with Gasteiger partial charge in [-0.2, -0.15) is 0 Å². The molecule has 2 aromatic rings. The van der Waals surface area contributed by atoms with Crippen LogP contribution in [0.25, 0.3) is 0 Å². The summed E-state index contributed by atoms with van der Waals surface area (Å²) >= 11 is 3.27. The SMILES string of the molecule is Nc1ccc(C(=O)c2cccc(F)c2)c(Br)c1. The molecule has 0 saturated heterocycles. The second-order valence-corrected chi connectivity index (χ2v) is 4.43. The monoisotopic (exact) mass is 293 g/mol. The van der Waals surface area contributed by atoms with Crippen LogP contribution in [0.3, 0.4) is 0 Å². The largest absolute Gasteiger partial charge is 0.399 e. The van der Waals surface area contributed by atoms with Gasteiger partial charge in [-0.15, -0.1) is 0 Å². The fourth-order valence-electron chi connectivity index (χ4n) is 1.50. The van der Waals surface area contributed by atoms with Crippen molar-refractivity contribution in [2.24, 2.45) is 0 Å². The topological polar surface area (TPSA) is 43.1 Å². The second kappa shape index (κ2) is 4.67. The molecule has 0 aromatic heterocycles. The van der Waals surface area contributed by atoms with E-state index in [1.807, 2.05) is 0 Å². The molecule has 2 rings (SSSR count). The third-order valence-electron chi connectivity index (χ3n) is 2.32. The summed E-state index contributed by atoms with van der Waals surface area (Å²) in [5, 5.41) is 0. The zero-order valence-electron chi connectivity index (χ0n) is 8.78. The van der Waals surface area contributed by atoms with E-state index in [0.717, 1.165) is 0 Å². The quantitative estimate of drug-likeness (QED) is 0.681. The number of nitrogens with two attached hydrogens (primary N) is 1. The number of carbonyl (C=O) groups excluding carboxylic acids is 1. The van der Waals surface area contributed by atoms with Crippen molar-refractivity contribution >= 4 is 27.4 Å². The summed E-state index contributed by atoms with van der Waals surface area (Å²) in [6.07, 6.45) is 0. The molecule has 0 aliphatic rings. The zero-order chi connectivity index (χ0) is 12.4. The van der Waals surface area contributed by atoms with Crippen LogP contribution in [0.4, 0.5) is 10.1 Å². The van der Waals surface area contributed by atoms with E-state index in [2.05, 4.69) is 15.9 Å². The van der Waals surface area contributed by atoms with Gasteiger partial charge in [0.05, 0.1) is 0 Å². The Morgan fingerprint density at radius 2 is 1.94 bits per heavy atom. The Morgan fingerprint density at radius 3 is 2.59 bits per heavy atom. The average Bonchev–Trinajstić information content (AvgIpc) is 2.28. The highest BCUT2D eigenvalue weighted by Gasteiger charge is 2.13. The van der Waals surface area contributed by atoms with E-state index >= 15 is 0 Å². The van der Waals surface area contributed by atoms with Crippen LogP contribution in [-0.4, -0.2) is 5.78 Å². The minimum atomic E-state index is -0.428. The average molecular weight is 294 g/mol. The number of hydrogen-bond acceptors (Lipinski definition) is 2. The Bertz CT molecular complexity index is 583. The van der Waals surface area contributed by atoms with Gasteiger partial charge in [-0.25, -0.2) is 4.39 Å². The standard InChI is InChI=1S/C13H9BrFNO/c14-12-7-10(16)4-5-11(12)13(17)8-2-1-3-9(15)6-8/h1-7H,16H2. The maximum absolute atomic E-state index is 13.0. The van der Waals surface area contributed by atoms with Crippen LogP contribution in [0.15, 0.2) is 46.9 Å². The summed E-state index contributed by atoms with van der Waals surface area (Å²) in [5.74, 6) is -0.668. The molecule has 0 saturated carbocycles. The van der Waals surface area contributed by atoms with Gasteiger partial charge in [0.2, 0.25) is 0 Å². The first-order valence-corrected chi connectivity index (χ1v) is 5.72. The minimum Gasteiger partial charge on any atom is -0.399 e. The fraction of sp³-hybridized carbons (Fsp3) is 0. The Hall–Kier alpha value is -1.68. The maximum atomic E-state index is 13.0. The molecule has 0 bridgehead atoms. The van der Waals surface area contributed by atoms with E-state index < -0.39 is 5.82 Å². The van der Waals surface area contributed by atoms with Gasteiger partial charge in [0.15, 0.2) is 5.78 Å². The van der Waals surface area contributed by atoms with Crippen LogP contribution < -0.4 is 5.73 Å². The number of halogens is 2. The fourth-order valence-corrected chi connectivity index (χ4v) is 2.08. The van der Waals surface area contributed by atoms with E-state index in [-0.39, 0.29) is 5.78 Å². The van der Waals surface area contributed by atoms with Gasteiger partial charge in [0, 0.05) is 21.3 Å². The van der Waals surface area contributed by atoms with Gasteiger partial charge in [-0.3, -0.25) is 4.79 Å². The van der Waals surface area contributed by atoms with Crippen molar-refractivity contribution in [3.8, 4) is 0 Å². The maximum Gasteiger partial charge on any atom is 0.194 e. The van der Waals surface area contributed by atoms with Crippen molar-refractivity contribution in [2.75, 3.05) is 5.73 Å². The number of nitrogen functional groups attached to an aromatic ring is 1. The normalized spacial score (nSPS) is 10.2. The highest BCUT2D eigenvalue weighted by molar-refractivity contribution is 9.10. The summed E-state index contributed by atoms with van der Waals surface area (Å²) < 4.78 is 13.6. The lowest BCUT2D eigenvalue weighted by Crippen LogP contribution is -2.03. The number of benzene rings is 2. The zero-order valence-corrected chi connectivity index (χ0v) is 10.4. The number of ketones is 1. The Balaban J connectivity index is 2.44. The predicted octanol–water partition coefficient (Wildman–Crippen LogP) is 3.40. The minimum absolute atomic E-state index is 0.239. The van der Waals surface area contributed by atoms with Crippen molar-refractivity contribution in [3.05, 3.63) is 63.9 Å². The van der Waals surface area contributed by atoms with Gasteiger partial charge >= 0.3 is 0 Å². The van der Waals surface area contributed by atoms with Crippen LogP contribution in [0.1, 0.15) is 15.9 Å². The Morgan fingerprint density at radius 1 is 1.18 bits per heavy atom. The molecule has 2 nitrogen and oxygen atoms in total. The van der Waals surface area contributed by atoms with Crippen molar-refractivity contribution < 1.29 is 9.18 Å². The van der Waals surface area contributed by atoms with Crippen molar-refractivity contribution in [2.45, 2.75) is 0 Å². The molecule has 0 aliphatic carbocycles. The highest BCUT2D eigenvalue weighted by Crippen LogP contribution is 2.22. The molecule has 0 amide bonds. The summed E-state index contributed by atoms with van der Waals surface area (Å²) in [6.45, 7) is 0. The van der Waals surface area contributed by atoms with Gasteiger partial charge in [0.25, 0.3) is 0 Å². The van der Waals surface area contributed by atoms with Crippen LogP contribution in [-0.2, 0) is 0 Å². The molecule has 0 heterocycles. The molecule has 4 heteroatoms. The predicted molar refractivity (Wildman–Crippen MR) is 68.4 cm³/mol. The molecule has 0 unspecified atom stereocenters. The lowest BCUT2D eigenvalue weighted by atomic mass is 10.0. The summed E-state index contributed by atoms with van der Waals surface area (Å²) in [7, 11) is 0. The van der Waals surface area contributed by atoms with Gasteiger partial charge < -0.3 is 5.73 Å². The van der Waals surface area contributed by atoms with E-state index in [1.54, 1.807) is 24.3 Å². The van der Waals surface area contributed by atoms with E-state index in [1.165, 1.54) is 18.2 Å². The number of carbonyl (C=O) groups is 1. The summed E-state index contributed by atoms with van der Waals surface area (Å²) in [4.78, 5) is 12.1. The van der Waals surface area contributed by atoms with Gasteiger partial charge in [-0.05, 0) is 46.3 Å². The van der Waals surface area contributed by atoms with Gasteiger partial charge in [-0.1, -0.05) is 12.1 Å². The molecular weight excluding hydrogens is 285 g/mol. The lowest BCUT2D eigenvalue weighted by Gasteiger charge is -2.05. The molecule has 0 radical (unpaired) electrons. The highest BCUT2D eigenvalue weighted by atomic mass is 79.9. The number of anilines is 1. The van der Waals surface area contributed by atoms with E-state index in [9.17, 15) is 9.18 Å². The van der Waals surface area contributed by atoms with Crippen LogP contribution in [0, 0.1) is 5.82 Å². The van der Waals surface area contributed by atoms with Crippen molar-refractivity contribution in [3.63, 3.8) is 0 Å². The Labute approximate surface area is 106 Å². The summed E-state index contributed by atoms with van der Waals surface area (Å²) in [6, 6.07) is 10.5. The Kier molecular flexibility index (Phi) is 3.24. The lowest BCUT2D eigenvalue weighted by molar-refractivity contribution is 0.103. The van der Waals surface area contributed by atoms with Crippen LogP contribution in [0.2, 0.25) is 0 Å². The third-order valence-corrected chi connectivity index (χ3v) is 2.98. The molecule has 86 valence electrons. The van der Waals surface area contributed by atoms with E-state index in [4.69, 9.17) is 5.73 Å². The first-order chi connectivity index (χ1) is 8.08. The molecule has 0 spiro atoms. The van der Waals surface area contributed by atoms with Gasteiger partial charge in [0.1, 0.15) is 5.82 Å². The summed E-state index contributed by atoms with van der Waals surface area (Å²) in [5.41, 5.74) is 6.93. The molecule has 0 atom stereocenters. The van der Waals surface area contributed by atoms with Crippen LogP contribution >= 0.6 is 15.9 Å². The molecule has 2 N–H and O–H groups in total. The first-order valence-electron chi connectivity index (χ1n) is 4.93. The molecular formula is C13H9BrFNO. The van der Waals surface area contributed by atoms with Crippen LogP contribution in [0.5, 0.6) is 0 Å². The smallest absolute Gasteiger partial charge is 0.194 e.